The van der Waals surface area contributed by atoms with Crippen molar-refractivity contribution in [1.29, 1.82) is 0 Å². The van der Waals surface area contributed by atoms with Gasteiger partial charge in [0.2, 0.25) is 0 Å². The maximum Gasteiger partial charge on any atom is 0.407 e. The molecule has 1 aromatic rings. The minimum absolute atomic E-state index is 0.00199. The fraction of sp³-hybridized carbons (Fsp3) is 0.417. The molecule has 0 bridgehead atoms. The van der Waals surface area contributed by atoms with Gasteiger partial charge in [0.05, 0.1) is 13.7 Å². The molecule has 6 heteroatoms. The third kappa shape index (κ3) is 4.14. The maximum absolute atomic E-state index is 10.6. The number of nitrogens with zero attached hydrogens (tertiary/aromatic N) is 1. The van der Waals surface area contributed by atoms with E-state index < -0.39 is 12.2 Å². The summed E-state index contributed by atoms with van der Waals surface area (Å²) in [6, 6.07) is 7.05. The second kappa shape index (κ2) is 6.70. The molecule has 1 aromatic carbocycles. The standard InChI is InChI=1S/C12H17NO5/c1-13(12(15)16)7-9(14)8-18-11-6-4-3-5-10(11)17-2/h3-6,9,14H,7-8H2,1-2H3,(H,15,16). The van der Waals surface area contributed by atoms with E-state index in [2.05, 4.69) is 0 Å². The van der Waals surface area contributed by atoms with Crippen molar-refractivity contribution < 1.29 is 24.5 Å². The summed E-state index contributed by atoms with van der Waals surface area (Å²) >= 11 is 0. The molecule has 6 nitrogen and oxygen atoms in total. The second-order valence-corrected chi connectivity index (χ2v) is 3.78. The number of likely N-dealkylation sites (N-methyl/N-ethyl adjacent to an activating group) is 1. The first-order chi connectivity index (χ1) is 8.54. The molecule has 0 spiro atoms. The van der Waals surface area contributed by atoms with E-state index in [-0.39, 0.29) is 13.2 Å². The number of amides is 1. The number of hydrogen-bond donors (Lipinski definition) is 2. The van der Waals surface area contributed by atoms with E-state index in [1.54, 1.807) is 24.3 Å². The molecule has 0 aliphatic rings. The van der Waals surface area contributed by atoms with Gasteiger partial charge in [0.1, 0.15) is 12.7 Å². The lowest BCUT2D eigenvalue weighted by Crippen LogP contribution is -2.36. The van der Waals surface area contributed by atoms with Crippen molar-refractivity contribution in [3.05, 3.63) is 24.3 Å². The minimum Gasteiger partial charge on any atom is -0.493 e. The zero-order valence-electron chi connectivity index (χ0n) is 10.4. The molecule has 1 atom stereocenters. The van der Waals surface area contributed by atoms with Gasteiger partial charge in [0.25, 0.3) is 0 Å². The number of aliphatic hydroxyl groups is 1. The first-order valence-corrected chi connectivity index (χ1v) is 5.42. The van der Waals surface area contributed by atoms with Crippen LogP contribution in [0.2, 0.25) is 0 Å². The van der Waals surface area contributed by atoms with Crippen molar-refractivity contribution in [1.82, 2.24) is 4.90 Å². The number of benzene rings is 1. The van der Waals surface area contributed by atoms with E-state index in [1.807, 2.05) is 0 Å². The van der Waals surface area contributed by atoms with Gasteiger partial charge in [-0.05, 0) is 12.1 Å². The Kier molecular flexibility index (Phi) is 5.26. The summed E-state index contributed by atoms with van der Waals surface area (Å²) in [7, 11) is 2.91. The number of para-hydroxylation sites is 2. The molecule has 0 aliphatic carbocycles. The van der Waals surface area contributed by atoms with Crippen molar-refractivity contribution in [2.75, 3.05) is 27.3 Å². The molecule has 1 amide bonds. The average molecular weight is 255 g/mol. The van der Waals surface area contributed by atoms with Gasteiger partial charge in [-0.15, -0.1) is 0 Å². The molecular formula is C12H17NO5. The largest absolute Gasteiger partial charge is 0.493 e. The molecule has 2 N–H and O–H groups in total. The average Bonchev–Trinajstić information content (AvgIpc) is 2.36. The molecule has 0 fully saturated rings. The summed E-state index contributed by atoms with van der Waals surface area (Å²) in [5, 5.41) is 18.3. The Hall–Kier alpha value is -1.95. The van der Waals surface area contributed by atoms with E-state index in [1.165, 1.54) is 14.2 Å². The molecule has 0 heterocycles. The summed E-state index contributed by atoms with van der Waals surface area (Å²) in [6.45, 7) is -0.0114. The summed E-state index contributed by atoms with van der Waals surface area (Å²) in [4.78, 5) is 11.6. The highest BCUT2D eigenvalue weighted by Crippen LogP contribution is 2.25. The van der Waals surface area contributed by atoms with E-state index in [0.29, 0.717) is 11.5 Å². The number of carboxylic acid groups (broad SMARTS) is 1. The zero-order chi connectivity index (χ0) is 13.5. The third-order valence-corrected chi connectivity index (χ3v) is 2.31. The molecule has 100 valence electrons. The number of rotatable bonds is 6. The number of ether oxygens (including phenoxy) is 2. The quantitative estimate of drug-likeness (QED) is 0.794. The van der Waals surface area contributed by atoms with Crippen LogP contribution in [0.25, 0.3) is 0 Å². The second-order valence-electron chi connectivity index (χ2n) is 3.78. The Morgan fingerprint density at radius 3 is 2.56 bits per heavy atom. The van der Waals surface area contributed by atoms with Crippen molar-refractivity contribution in [3.63, 3.8) is 0 Å². The fourth-order valence-electron chi connectivity index (χ4n) is 1.37. The Bertz CT molecular complexity index is 396. The van der Waals surface area contributed by atoms with Gasteiger partial charge in [0.15, 0.2) is 11.5 Å². The van der Waals surface area contributed by atoms with Crippen LogP contribution in [0.4, 0.5) is 4.79 Å². The van der Waals surface area contributed by atoms with Crippen LogP contribution in [0, 0.1) is 0 Å². The van der Waals surface area contributed by atoms with Crippen molar-refractivity contribution in [3.8, 4) is 11.5 Å². The molecule has 0 aliphatic heterocycles. The van der Waals surface area contributed by atoms with Crippen LogP contribution < -0.4 is 9.47 Å². The van der Waals surface area contributed by atoms with Gasteiger partial charge < -0.3 is 24.6 Å². The fourth-order valence-corrected chi connectivity index (χ4v) is 1.37. The smallest absolute Gasteiger partial charge is 0.407 e. The Morgan fingerprint density at radius 1 is 1.39 bits per heavy atom. The van der Waals surface area contributed by atoms with Crippen molar-refractivity contribution in [2.45, 2.75) is 6.10 Å². The highest BCUT2D eigenvalue weighted by atomic mass is 16.5. The summed E-state index contributed by atoms with van der Waals surface area (Å²) in [5.74, 6) is 1.08. The highest BCUT2D eigenvalue weighted by Gasteiger charge is 2.13. The zero-order valence-corrected chi connectivity index (χ0v) is 10.4. The number of methoxy groups -OCH3 is 1. The first-order valence-electron chi connectivity index (χ1n) is 5.42. The summed E-state index contributed by atoms with van der Waals surface area (Å²) in [5.41, 5.74) is 0. The number of hydrogen-bond acceptors (Lipinski definition) is 4. The van der Waals surface area contributed by atoms with Gasteiger partial charge in [-0.1, -0.05) is 12.1 Å². The predicted molar refractivity (Wildman–Crippen MR) is 65.2 cm³/mol. The Balaban J connectivity index is 2.47. The van der Waals surface area contributed by atoms with E-state index in [9.17, 15) is 9.90 Å². The lowest BCUT2D eigenvalue weighted by molar-refractivity contribution is 0.0719. The normalized spacial score (nSPS) is 11.7. The molecule has 0 saturated heterocycles. The number of aliphatic hydroxyl groups excluding tert-OH is 1. The topological polar surface area (TPSA) is 79.2 Å². The van der Waals surface area contributed by atoms with Crippen LogP contribution >= 0.6 is 0 Å². The lowest BCUT2D eigenvalue weighted by atomic mass is 10.3. The molecule has 18 heavy (non-hydrogen) atoms. The molecule has 0 radical (unpaired) electrons. The first kappa shape index (κ1) is 14.1. The van der Waals surface area contributed by atoms with Crippen molar-refractivity contribution in [2.24, 2.45) is 0 Å². The molecule has 1 unspecified atom stereocenters. The Morgan fingerprint density at radius 2 is 2.00 bits per heavy atom. The predicted octanol–water partition coefficient (Wildman–Crippen LogP) is 1.04. The molecule has 0 saturated carbocycles. The van der Waals surface area contributed by atoms with Gasteiger partial charge in [0, 0.05) is 7.05 Å². The maximum atomic E-state index is 10.6. The van der Waals surface area contributed by atoms with Gasteiger partial charge in [-0.3, -0.25) is 0 Å². The SMILES string of the molecule is COc1ccccc1OCC(O)CN(C)C(=O)O. The van der Waals surface area contributed by atoms with Gasteiger partial charge in [-0.25, -0.2) is 4.79 Å². The summed E-state index contributed by atoms with van der Waals surface area (Å²) in [6.07, 6.45) is -1.98. The van der Waals surface area contributed by atoms with E-state index in [0.717, 1.165) is 4.90 Å². The van der Waals surface area contributed by atoms with Crippen LogP contribution in [0.5, 0.6) is 11.5 Å². The van der Waals surface area contributed by atoms with Crippen LogP contribution in [0.15, 0.2) is 24.3 Å². The molecule has 1 rings (SSSR count). The molecule has 0 aromatic heterocycles. The monoisotopic (exact) mass is 255 g/mol. The van der Waals surface area contributed by atoms with E-state index in [4.69, 9.17) is 14.6 Å². The van der Waals surface area contributed by atoms with Crippen molar-refractivity contribution >= 4 is 6.09 Å². The Labute approximate surface area is 105 Å². The highest BCUT2D eigenvalue weighted by molar-refractivity contribution is 5.64. The van der Waals surface area contributed by atoms with E-state index >= 15 is 0 Å². The minimum atomic E-state index is -1.09. The van der Waals surface area contributed by atoms with Gasteiger partial charge >= 0.3 is 6.09 Å². The van der Waals surface area contributed by atoms with Crippen LogP contribution in [0.3, 0.4) is 0 Å². The third-order valence-electron chi connectivity index (χ3n) is 2.31. The molecular weight excluding hydrogens is 238 g/mol. The van der Waals surface area contributed by atoms with Crippen LogP contribution in [-0.2, 0) is 0 Å². The van der Waals surface area contributed by atoms with Crippen LogP contribution in [-0.4, -0.2) is 54.6 Å². The number of carbonyl (C=O) groups is 1. The summed E-state index contributed by atoms with van der Waals surface area (Å²) < 4.78 is 10.5. The van der Waals surface area contributed by atoms with Gasteiger partial charge in [-0.2, -0.15) is 0 Å². The lowest BCUT2D eigenvalue weighted by Gasteiger charge is -2.18. The van der Waals surface area contributed by atoms with Crippen LogP contribution in [0.1, 0.15) is 0 Å².